The molecule has 2 atom stereocenters. The second-order valence-corrected chi connectivity index (χ2v) is 10.9. The van der Waals surface area contributed by atoms with E-state index in [-0.39, 0.29) is 12.1 Å². The highest BCUT2D eigenvalue weighted by atomic mass is 32.2. The molecule has 0 bridgehead atoms. The van der Waals surface area contributed by atoms with E-state index in [2.05, 4.69) is 49.4 Å². The number of pyridine rings is 2. The first kappa shape index (κ1) is 24.0. The highest BCUT2D eigenvalue weighted by molar-refractivity contribution is 7.92. The van der Waals surface area contributed by atoms with Crippen LogP contribution in [0.2, 0.25) is 0 Å². The Morgan fingerprint density at radius 2 is 1.78 bits per heavy atom. The minimum absolute atomic E-state index is 0.183. The molecular formula is C26H26N6O2S2. The van der Waals surface area contributed by atoms with Crippen molar-refractivity contribution in [1.29, 1.82) is 0 Å². The molecule has 10 heteroatoms. The molecule has 0 radical (unpaired) electrons. The van der Waals surface area contributed by atoms with Crippen molar-refractivity contribution in [2.45, 2.75) is 25.9 Å². The Bertz CT molecular complexity index is 1500. The van der Waals surface area contributed by atoms with Gasteiger partial charge in [0.25, 0.3) is 0 Å². The average Bonchev–Trinajstić information content (AvgIpc) is 3.35. The normalized spacial score (nSPS) is 17.8. The standard InChI is InChI=1S/C26H26N6O2S2/c1-17-15-22(18(2)31(17)21-7-6-13-27-16-21)25-24(23-8-4-5-14-28-23)29-26(35)32(25)20-11-9-19(10-12-20)30-36(3,33)34/h4-16,24-25,30H,1-3H3,(H,29,35)/t24-,25+/m1/s1. The number of thiocarbonyl (C=S) groups is 1. The Balaban J connectivity index is 1.62. The molecule has 1 saturated heterocycles. The van der Waals surface area contributed by atoms with Gasteiger partial charge in [0.1, 0.15) is 0 Å². The van der Waals surface area contributed by atoms with Crippen LogP contribution in [-0.4, -0.2) is 34.3 Å². The Morgan fingerprint density at radius 1 is 1.00 bits per heavy atom. The van der Waals surface area contributed by atoms with Crippen LogP contribution in [0.5, 0.6) is 0 Å². The number of nitrogens with zero attached hydrogens (tertiary/aromatic N) is 4. The van der Waals surface area contributed by atoms with Crippen molar-refractivity contribution in [3.05, 3.63) is 102 Å². The highest BCUT2D eigenvalue weighted by Gasteiger charge is 2.42. The van der Waals surface area contributed by atoms with Crippen LogP contribution in [-0.2, 0) is 10.0 Å². The predicted octanol–water partition coefficient (Wildman–Crippen LogP) is 4.43. The Labute approximate surface area is 216 Å². The van der Waals surface area contributed by atoms with E-state index in [1.54, 1.807) is 24.5 Å². The molecule has 1 aromatic carbocycles. The molecule has 5 rings (SSSR count). The zero-order valence-corrected chi connectivity index (χ0v) is 21.7. The number of rotatable bonds is 6. The molecular weight excluding hydrogens is 492 g/mol. The minimum Gasteiger partial charge on any atom is -0.351 e. The van der Waals surface area contributed by atoms with Crippen LogP contribution in [0.4, 0.5) is 11.4 Å². The SMILES string of the molecule is Cc1cc([C@H]2[C@@H](c3ccccn3)NC(=S)N2c2ccc(NS(C)(=O)=O)cc2)c(C)n1-c1cccnc1. The van der Waals surface area contributed by atoms with E-state index >= 15 is 0 Å². The van der Waals surface area contributed by atoms with E-state index in [0.29, 0.717) is 10.8 Å². The number of nitrogens with one attached hydrogen (secondary N) is 2. The quantitative estimate of drug-likeness (QED) is 0.365. The van der Waals surface area contributed by atoms with Gasteiger partial charge in [-0.25, -0.2) is 8.42 Å². The van der Waals surface area contributed by atoms with Crippen molar-refractivity contribution >= 4 is 38.7 Å². The van der Waals surface area contributed by atoms with Crippen molar-refractivity contribution < 1.29 is 8.42 Å². The lowest BCUT2D eigenvalue weighted by Gasteiger charge is -2.28. The maximum atomic E-state index is 11.7. The monoisotopic (exact) mass is 518 g/mol. The van der Waals surface area contributed by atoms with E-state index in [1.807, 2.05) is 48.7 Å². The second kappa shape index (κ2) is 9.36. The van der Waals surface area contributed by atoms with Crippen LogP contribution in [0.15, 0.2) is 79.3 Å². The molecule has 0 spiro atoms. The molecule has 0 saturated carbocycles. The molecule has 0 unspecified atom stereocenters. The van der Waals surface area contributed by atoms with Crippen LogP contribution in [0.1, 0.15) is 34.7 Å². The molecule has 1 aliphatic rings. The average molecular weight is 519 g/mol. The molecule has 0 aliphatic carbocycles. The lowest BCUT2D eigenvalue weighted by Crippen LogP contribution is -2.29. The highest BCUT2D eigenvalue weighted by Crippen LogP contribution is 2.43. The lowest BCUT2D eigenvalue weighted by atomic mass is 9.96. The van der Waals surface area contributed by atoms with Gasteiger partial charge in [0.2, 0.25) is 10.0 Å². The molecule has 8 nitrogen and oxygen atoms in total. The summed E-state index contributed by atoms with van der Waals surface area (Å²) in [5.41, 5.74) is 6.49. The lowest BCUT2D eigenvalue weighted by molar-refractivity contribution is 0.565. The number of aryl methyl sites for hydroxylation is 1. The molecule has 36 heavy (non-hydrogen) atoms. The number of aromatic nitrogens is 3. The van der Waals surface area contributed by atoms with Gasteiger partial charge in [-0.15, -0.1) is 0 Å². The van der Waals surface area contributed by atoms with Crippen molar-refractivity contribution in [3.8, 4) is 5.69 Å². The molecule has 4 aromatic rings. The number of hydrogen-bond donors (Lipinski definition) is 2. The first-order chi connectivity index (χ1) is 17.2. The largest absolute Gasteiger partial charge is 0.351 e. The van der Waals surface area contributed by atoms with Gasteiger partial charge in [0.05, 0.1) is 35.9 Å². The maximum absolute atomic E-state index is 11.7. The van der Waals surface area contributed by atoms with Crippen molar-refractivity contribution in [2.75, 3.05) is 15.9 Å². The summed E-state index contributed by atoms with van der Waals surface area (Å²) < 4.78 is 28.0. The zero-order valence-electron chi connectivity index (χ0n) is 20.1. The number of anilines is 2. The maximum Gasteiger partial charge on any atom is 0.229 e. The first-order valence-corrected chi connectivity index (χ1v) is 13.7. The molecule has 0 amide bonds. The minimum atomic E-state index is -3.37. The summed E-state index contributed by atoms with van der Waals surface area (Å²) in [4.78, 5) is 11.0. The van der Waals surface area contributed by atoms with Crippen LogP contribution in [0.25, 0.3) is 5.69 Å². The summed E-state index contributed by atoms with van der Waals surface area (Å²) in [6.45, 7) is 4.18. The second-order valence-electron chi connectivity index (χ2n) is 8.79. The van der Waals surface area contributed by atoms with Crippen LogP contribution in [0, 0.1) is 13.8 Å². The van der Waals surface area contributed by atoms with Crippen LogP contribution in [0.3, 0.4) is 0 Å². The zero-order chi connectivity index (χ0) is 25.4. The number of sulfonamides is 1. The topological polar surface area (TPSA) is 92.2 Å². The summed E-state index contributed by atoms with van der Waals surface area (Å²) in [6, 6.07) is 18.9. The van der Waals surface area contributed by atoms with E-state index in [9.17, 15) is 8.42 Å². The van der Waals surface area contributed by atoms with Gasteiger partial charge in [-0.1, -0.05) is 6.07 Å². The van der Waals surface area contributed by atoms with Gasteiger partial charge in [-0.3, -0.25) is 14.7 Å². The van der Waals surface area contributed by atoms with E-state index in [1.165, 1.54) is 0 Å². The molecule has 1 fully saturated rings. The van der Waals surface area contributed by atoms with E-state index in [4.69, 9.17) is 12.2 Å². The van der Waals surface area contributed by atoms with Gasteiger partial charge in [0.15, 0.2) is 5.11 Å². The molecule has 1 aliphatic heterocycles. The smallest absolute Gasteiger partial charge is 0.229 e. The molecule has 184 valence electrons. The van der Waals surface area contributed by atoms with Gasteiger partial charge < -0.3 is 14.8 Å². The summed E-state index contributed by atoms with van der Waals surface area (Å²) in [5, 5.41) is 4.05. The fourth-order valence-electron chi connectivity index (χ4n) is 4.82. The van der Waals surface area contributed by atoms with E-state index < -0.39 is 10.0 Å². The summed E-state index contributed by atoms with van der Waals surface area (Å²) >= 11 is 5.83. The molecule has 3 aromatic heterocycles. The third-order valence-corrected chi connectivity index (χ3v) is 7.16. The predicted molar refractivity (Wildman–Crippen MR) is 146 cm³/mol. The third kappa shape index (κ3) is 4.57. The Morgan fingerprint density at radius 3 is 2.42 bits per heavy atom. The van der Waals surface area contributed by atoms with Crippen molar-refractivity contribution in [2.24, 2.45) is 0 Å². The van der Waals surface area contributed by atoms with Crippen LogP contribution < -0.4 is 14.9 Å². The van der Waals surface area contributed by atoms with Gasteiger partial charge in [0, 0.05) is 35.2 Å². The summed E-state index contributed by atoms with van der Waals surface area (Å²) in [5.74, 6) is 0. The van der Waals surface area contributed by atoms with E-state index in [0.717, 1.165) is 40.3 Å². The molecule has 2 N–H and O–H groups in total. The Kier molecular flexibility index (Phi) is 6.23. The number of hydrogen-bond acceptors (Lipinski definition) is 5. The van der Waals surface area contributed by atoms with Crippen molar-refractivity contribution in [1.82, 2.24) is 19.9 Å². The van der Waals surface area contributed by atoms with Crippen molar-refractivity contribution in [3.63, 3.8) is 0 Å². The van der Waals surface area contributed by atoms with Crippen LogP contribution >= 0.6 is 12.2 Å². The summed E-state index contributed by atoms with van der Waals surface area (Å²) in [7, 11) is -3.37. The number of benzene rings is 1. The fraction of sp³-hybridized carbons (Fsp3) is 0.192. The van der Waals surface area contributed by atoms with Gasteiger partial charge in [-0.05, 0) is 86.2 Å². The molecule has 4 heterocycles. The third-order valence-electron chi connectivity index (χ3n) is 6.24. The summed E-state index contributed by atoms with van der Waals surface area (Å²) in [6.07, 6.45) is 6.53. The van der Waals surface area contributed by atoms with Gasteiger partial charge in [-0.2, -0.15) is 0 Å². The first-order valence-electron chi connectivity index (χ1n) is 11.4. The van der Waals surface area contributed by atoms with Gasteiger partial charge >= 0.3 is 0 Å². The fourth-order valence-corrected chi connectivity index (χ4v) is 5.73. The Hall–Kier alpha value is -3.76.